The van der Waals surface area contributed by atoms with Crippen molar-refractivity contribution >= 4 is 5.91 Å². The first-order valence-corrected chi connectivity index (χ1v) is 5.00. The quantitative estimate of drug-likeness (QED) is 0.662. The minimum atomic E-state index is -0.514. The average Bonchev–Trinajstić information content (AvgIpc) is 2.48. The van der Waals surface area contributed by atoms with Gasteiger partial charge < -0.3 is 15.4 Å². The zero-order valence-electron chi connectivity index (χ0n) is 9.09. The summed E-state index contributed by atoms with van der Waals surface area (Å²) in [6.45, 7) is 4.70. The molecule has 0 aliphatic carbocycles. The second-order valence-corrected chi connectivity index (χ2v) is 3.94. The molecule has 6 nitrogen and oxygen atoms in total. The van der Waals surface area contributed by atoms with Gasteiger partial charge in [0.1, 0.15) is 11.9 Å². The fraction of sp³-hybridized carbons (Fsp3) is 0.500. The van der Waals surface area contributed by atoms with Gasteiger partial charge in [0.05, 0.1) is 12.6 Å². The topological polar surface area (TPSA) is 79.0 Å². The number of rotatable bonds is 3. The summed E-state index contributed by atoms with van der Waals surface area (Å²) in [5.74, 6) is -0.0425. The van der Waals surface area contributed by atoms with E-state index in [0.29, 0.717) is 24.5 Å². The first-order chi connectivity index (χ1) is 7.56. The molecule has 88 valence electrons. The first kappa shape index (κ1) is 11.0. The standard InChI is InChI=1S/C10H15N3O3/c1-6-12-4-9(13(6)15)8(10(11)14)3-7(12)5-16-2/h3,7,9,15H,1,4-5H2,2H3,(H2,11,14)/t7-,9-/m0/s1. The Hall–Kier alpha value is -1.53. The number of methoxy groups -OCH3 is 1. The Morgan fingerprint density at radius 3 is 3.06 bits per heavy atom. The third-order valence-electron chi connectivity index (χ3n) is 3.01. The van der Waals surface area contributed by atoms with E-state index < -0.39 is 11.9 Å². The maximum absolute atomic E-state index is 11.3. The summed E-state index contributed by atoms with van der Waals surface area (Å²) in [5.41, 5.74) is 5.70. The molecule has 0 aromatic rings. The number of carbonyl (C=O) groups is 1. The fourth-order valence-electron chi connectivity index (χ4n) is 2.20. The number of carbonyl (C=O) groups excluding carboxylic acids is 1. The van der Waals surface area contributed by atoms with Crippen LogP contribution < -0.4 is 5.73 Å². The van der Waals surface area contributed by atoms with Gasteiger partial charge in [-0.3, -0.25) is 10.0 Å². The van der Waals surface area contributed by atoms with E-state index in [9.17, 15) is 10.0 Å². The zero-order chi connectivity index (χ0) is 11.9. The lowest BCUT2D eigenvalue weighted by atomic mass is 10.00. The van der Waals surface area contributed by atoms with Crippen LogP contribution in [-0.2, 0) is 9.53 Å². The normalized spacial score (nSPS) is 28.4. The number of nitrogens with two attached hydrogens (primary N) is 1. The molecule has 3 N–H and O–H groups in total. The smallest absolute Gasteiger partial charge is 0.246 e. The number of hydrogen-bond acceptors (Lipinski definition) is 5. The van der Waals surface area contributed by atoms with Crippen molar-refractivity contribution in [3.8, 4) is 0 Å². The number of ether oxygens (including phenoxy) is 1. The Morgan fingerprint density at radius 2 is 2.50 bits per heavy atom. The maximum Gasteiger partial charge on any atom is 0.246 e. The van der Waals surface area contributed by atoms with E-state index in [1.165, 1.54) is 0 Å². The van der Waals surface area contributed by atoms with Crippen LogP contribution in [0.4, 0.5) is 0 Å². The van der Waals surface area contributed by atoms with E-state index in [4.69, 9.17) is 10.5 Å². The number of hydroxylamine groups is 2. The number of nitrogens with zero attached hydrogens (tertiary/aromatic N) is 2. The van der Waals surface area contributed by atoms with Gasteiger partial charge in [-0.2, -0.15) is 0 Å². The van der Waals surface area contributed by atoms with Gasteiger partial charge in [-0.1, -0.05) is 6.58 Å². The minimum absolute atomic E-state index is 0.103. The summed E-state index contributed by atoms with van der Waals surface area (Å²) in [6, 6.07) is -0.508. The van der Waals surface area contributed by atoms with E-state index in [1.54, 1.807) is 13.2 Å². The first-order valence-electron chi connectivity index (χ1n) is 5.00. The second kappa shape index (κ2) is 3.80. The molecule has 0 aromatic heterocycles. The molecule has 1 fully saturated rings. The summed E-state index contributed by atoms with van der Waals surface area (Å²) in [6.07, 6.45) is 1.74. The molecular formula is C10H15N3O3. The molecule has 16 heavy (non-hydrogen) atoms. The molecular weight excluding hydrogens is 210 g/mol. The van der Waals surface area contributed by atoms with Crippen molar-refractivity contribution in [2.24, 2.45) is 5.73 Å². The summed E-state index contributed by atoms with van der Waals surface area (Å²) in [5, 5.41) is 10.8. The molecule has 2 aliphatic rings. The molecule has 0 aromatic carbocycles. The Balaban J connectivity index is 2.33. The highest BCUT2D eigenvalue weighted by molar-refractivity contribution is 5.93. The van der Waals surface area contributed by atoms with Crippen LogP contribution in [0.15, 0.2) is 24.0 Å². The van der Waals surface area contributed by atoms with Crippen LogP contribution in [0, 0.1) is 0 Å². The Labute approximate surface area is 93.5 Å². The second-order valence-electron chi connectivity index (χ2n) is 3.94. The van der Waals surface area contributed by atoms with Gasteiger partial charge in [-0.05, 0) is 6.08 Å². The van der Waals surface area contributed by atoms with Gasteiger partial charge in [-0.15, -0.1) is 0 Å². The fourth-order valence-corrected chi connectivity index (χ4v) is 2.20. The predicted molar refractivity (Wildman–Crippen MR) is 56.2 cm³/mol. The monoisotopic (exact) mass is 225 g/mol. The highest BCUT2D eigenvalue weighted by Gasteiger charge is 2.43. The van der Waals surface area contributed by atoms with Crippen molar-refractivity contribution in [2.45, 2.75) is 12.1 Å². The maximum atomic E-state index is 11.3. The van der Waals surface area contributed by atoms with Crippen molar-refractivity contribution < 1.29 is 14.7 Å². The number of hydrogen-bond donors (Lipinski definition) is 2. The van der Waals surface area contributed by atoms with E-state index in [0.717, 1.165) is 5.06 Å². The van der Waals surface area contributed by atoms with E-state index >= 15 is 0 Å². The van der Waals surface area contributed by atoms with Crippen molar-refractivity contribution in [1.82, 2.24) is 9.96 Å². The van der Waals surface area contributed by atoms with E-state index in [2.05, 4.69) is 6.58 Å². The molecule has 0 unspecified atom stereocenters. The van der Waals surface area contributed by atoms with Crippen molar-refractivity contribution in [1.29, 1.82) is 0 Å². The number of primary amides is 1. The van der Waals surface area contributed by atoms with E-state index in [1.807, 2.05) is 4.90 Å². The summed E-state index contributed by atoms with van der Waals surface area (Å²) < 4.78 is 5.06. The third-order valence-corrected chi connectivity index (χ3v) is 3.01. The highest BCUT2D eigenvalue weighted by atomic mass is 16.5. The predicted octanol–water partition coefficient (Wildman–Crippen LogP) is -0.727. The molecule has 1 amide bonds. The van der Waals surface area contributed by atoms with Gasteiger partial charge in [0.2, 0.25) is 5.91 Å². The van der Waals surface area contributed by atoms with Gasteiger partial charge in [0.15, 0.2) is 0 Å². The molecule has 1 saturated heterocycles. The number of amides is 1. The molecule has 2 aliphatic heterocycles. The van der Waals surface area contributed by atoms with Gasteiger partial charge in [0.25, 0.3) is 0 Å². The van der Waals surface area contributed by atoms with Crippen LogP contribution in [0.3, 0.4) is 0 Å². The van der Waals surface area contributed by atoms with Crippen LogP contribution in [0.25, 0.3) is 0 Å². The molecule has 2 bridgehead atoms. The summed E-state index contributed by atoms with van der Waals surface area (Å²) in [7, 11) is 1.58. The zero-order valence-corrected chi connectivity index (χ0v) is 9.09. The Morgan fingerprint density at radius 1 is 1.81 bits per heavy atom. The van der Waals surface area contributed by atoms with Gasteiger partial charge >= 0.3 is 0 Å². The van der Waals surface area contributed by atoms with E-state index in [-0.39, 0.29) is 6.04 Å². The van der Waals surface area contributed by atoms with Gasteiger partial charge in [0, 0.05) is 19.2 Å². The van der Waals surface area contributed by atoms with Crippen LogP contribution in [0.2, 0.25) is 0 Å². The summed E-state index contributed by atoms with van der Waals surface area (Å²) in [4.78, 5) is 13.2. The molecule has 0 saturated carbocycles. The van der Waals surface area contributed by atoms with Crippen LogP contribution in [0.5, 0.6) is 0 Å². The molecule has 2 atom stereocenters. The lowest BCUT2D eigenvalue weighted by molar-refractivity contribution is -0.117. The van der Waals surface area contributed by atoms with Crippen molar-refractivity contribution in [3.05, 3.63) is 24.0 Å². The lowest BCUT2D eigenvalue weighted by Crippen LogP contribution is -2.42. The molecule has 0 radical (unpaired) electrons. The Bertz CT molecular complexity index is 366. The molecule has 2 rings (SSSR count). The third kappa shape index (κ3) is 1.46. The van der Waals surface area contributed by atoms with Gasteiger partial charge in [-0.25, -0.2) is 5.06 Å². The van der Waals surface area contributed by atoms with Crippen LogP contribution >= 0.6 is 0 Å². The SMILES string of the molecule is C=C1N(O)[C@H]2CN1[C@H](COC)C=C2C(N)=O. The average molecular weight is 225 g/mol. The van der Waals surface area contributed by atoms with Crippen molar-refractivity contribution in [2.75, 3.05) is 20.3 Å². The largest absolute Gasteiger partial charge is 0.382 e. The van der Waals surface area contributed by atoms with Crippen LogP contribution in [0.1, 0.15) is 0 Å². The molecule has 0 spiro atoms. The number of fused-ring (bicyclic) bond motifs is 2. The van der Waals surface area contributed by atoms with Crippen LogP contribution in [-0.4, -0.2) is 53.4 Å². The highest BCUT2D eigenvalue weighted by Crippen LogP contribution is 2.32. The Kier molecular flexibility index (Phi) is 2.61. The van der Waals surface area contributed by atoms with Crippen molar-refractivity contribution in [3.63, 3.8) is 0 Å². The lowest BCUT2D eigenvalue weighted by Gasteiger charge is -2.29. The molecule has 6 heteroatoms. The minimum Gasteiger partial charge on any atom is -0.382 e. The summed E-state index contributed by atoms with van der Waals surface area (Å²) >= 11 is 0. The molecule has 2 heterocycles.